The second kappa shape index (κ2) is 3.90. The van der Waals surface area contributed by atoms with Crippen LogP contribution in [0.25, 0.3) is 0 Å². The van der Waals surface area contributed by atoms with Crippen molar-refractivity contribution in [2.75, 3.05) is 11.4 Å². The Bertz CT molecular complexity index is 406. The van der Waals surface area contributed by atoms with Crippen molar-refractivity contribution < 1.29 is 13.2 Å². The molecular formula is C10H11FNO2S-. The fraction of sp³-hybridized carbons (Fsp3) is 0.400. The lowest BCUT2D eigenvalue weighted by Crippen LogP contribution is -2.21. The molecule has 5 heteroatoms. The zero-order valence-electron chi connectivity index (χ0n) is 8.27. The Hall–Kier alpha value is -0.940. The fourth-order valence-electron chi connectivity index (χ4n) is 1.66. The Morgan fingerprint density at radius 1 is 1.53 bits per heavy atom. The van der Waals surface area contributed by atoms with Gasteiger partial charge in [-0.3, -0.25) is 4.21 Å². The highest BCUT2D eigenvalue weighted by atomic mass is 32.2. The van der Waals surface area contributed by atoms with Crippen LogP contribution in [0.1, 0.15) is 24.3 Å². The fourth-order valence-corrected chi connectivity index (χ4v) is 1.98. The van der Waals surface area contributed by atoms with E-state index < -0.39 is 11.3 Å². The monoisotopic (exact) mass is 228 g/mol. The molecule has 0 heterocycles. The molecule has 1 aromatic carbocycles. The molecular weight excluding hydrogens is 217 g/mol. The third-order valence-electron chi connectivity index (χ3n) is 2.58. The molecule has 1 unspecified atom stereocenters. The Morgan fingerprint density at radius 2 is 2.20 bits per heavy atom. The third-order valence-corrected chi connectivity index (χ3v) is 3.22. The van der Waals surface area contributed by atoms with E-state index in [1.807, 2.05) is 0 Å². The second-order valence-electron chi connectivity index (χ2n) is 3.66. The summed E-state index contributed by atoms with van der Waals surface area (Å²) in [4.78, 5) is 0. The van der Waals surface area contributed by atoms with Gasteiger partial charge in [0.15, 0.2) is 0 Å². The predicted octanol–water partition coefficient (Wildman–Crippen LogP) is 1.93. The van der Waals surface area contributed by atoms with Gasteiger partial charge in [0.05, 0.1) is 5.69 Å². The van der Waals surface area contributed by atoms with Crippen molar-refractivity contribution in [2.24, 2.45) is 0 Å². The average Bonchev–Trinajstić information content (AvgIpc) is 2.99. The maximum absolute atomic E-state index is 13.5. The molecule has 82 valence electrons. The minimum atomic E-state index is -2.35. The molecule has 0 aliphatic heterocycles. The molecule has 1 aliphatic rings. The zero-order chi connectivity index (χ0) is 11.0. The summed E-state index contributed by atoms with van der Waals surface area (Å²) in [7, 11) is 1.42. The predicted molar refractivity (Wildman–Crippen MR) is 55.7 cm³/mol. The molecule has 1 saturated carbocycles. The number of rotatable bonds is 3. The maximum Gasteiger partial charge on any atom is 0.128 e. The molecule has 2 rings (SSSR count). The van der Waals surface area contributed by atoms with Crippen LogP contribution in [0.15, 0.2) is 18.2 Å². The van der Waals surface area contributed by atoms with E-state index in [0.29, 0.717) is 11.3 Å². The standard InChI is InChI=1S/C10H12FNO2S/c1-12(15(13)14)9-4-2-3-8(11)10(9)7-5-6-7/h2-4,7H,5-6H2,1H3,(H,13,14)/p-1. The summed E-state index contributed by atoms with van der Waals surface area (Å²) in [5, 5.41) is 0. The smallest absolute Gasteiger partial charge is 0.128 e. The van der Waals surface area contributed by atoms with E-state index >= 15 is 0 Å². The Morgan fingerprint density at radius 3 is 2.73 bits per heavy atom. The van der Waals surface area contributed by atoms with Gasteiger partial charge in [0, 0.05) is 23.9 Å². The van der Waals surface area contributed by atoms with Crippen LogP contribution >= 0.6 is 0 Å². The number of hydrogen-bond donors (Lipinski definition) is 0. The Kier molecular flexibility index (Phi) is 2.75. The van der Waals surface area contributed by atoms with Crippen molar-refractivity contribution in [3.8, 4) is 0 Å². The van der Waals surface area contributed by atoms with Crippen LogP contribution in [0.2, 0.25) is 0 Å². The van der Waals surface area contributed by atoms with Crippen LogP contribution < -0.4 is 4.31 Å². The maximum atomic E-state index is 13.5. The van der Waals surface area contributed by atoms with E-state index in [-0.39, 0.29) is 11.7 Å². The summed E-state index contributed by atoms with van der Waals surface area (Å²) in [6.45, 7) is 0. The topological polar surface area (TPSA) is 43.4 Å². The van der Waals surface area contributed by atoms with Crippen molar-refractivity contribution in [2.45, 2.75) is 18.8 Å². The lowest BCUT2D eigenvalue weighted by Gasteiger charge is -2.24. The SMILES string of the molecule is CN(c1cccc(F)c1C1CC1)S(=O)[O-]. The van der Waals surface area contributed by atoms with Gasteiger partial charge in [-0.25, -0.2) is 4.39 Å². The van der Waals surface area contributed by atoms with E-state index in [1.54, 1.807) is 6.07 Å². The molecule has 0 bridgehead atoms. The number of halogens is 1. The van der Waals surface area contributed by atoms with Gasteiger partial charge in [-0.1, -0.05) is 6.07 Å². The van der Waals surface area contributed by atoms with Gasteiger partial charge in [0.1, 0.15) is 5.82 Å². The van der Waals surface area contributed by atoms with Crippen LogP contribution in [-0.2, 0) is 11.3 Å². The van der Waals surface area contributed by atoms with Gasteiger partial charge in [0.2, 0.25) is 0 Å². The van der Waals surface area contributed by atoms with Crippen LogP contribution in [0.4, 0.5) is 10.1 Å². The second-order valence-corrected chi connectivity index (χ2v) is 4.64. The highest BCUT2D eigenvalue weighted by Gasteiger charge is 2.30. The third kappa shape index (κ3) is 2.03. The molecule has 1 fully saturated rings. The highest BCUT2D eigenvalue weighted by molar-refractivity contribution is 7.80. The molecule has 0 N–H and O–H groups in total. The summed E-state index contributed by atoms with van der Waals surface area (Å²) >= 11 is -2.35. The molecule has 1 aliphatic carbocycles. The molecule has 0 spiro atoms. The van der Waals surface area contributed by atoms with Gasteiger partial charge in [0.25, 0.3) is 0 Å². The van der Waals surface area contributed by atoms with Crippen molar-refractivity contribution in [3.63, 3.8) is 0 Å². The molecule has 0 amide bonds. The van der Waals surface area contributed by atoms with Crippen LogP contribution in [0, 0.1) is 5.82 Å². The number of nitrogens with zero attached hydrogens (tertiary/aromatic N) is 1. The Labute approximate surface area is 90.3 Å². The molecule has 0 radical (unpaired) electrons. The number of hydrogen-bond acceptors (Lipinski definition) is 2. The van der Waals surface area contributed by atoms with E-state index in [0.717, 1.165) is 17.1 Å². The largest absolute Gasteiger partial charge is 0.755 e. The molecule has 3 nitrogen and oxygen atoms in total. The van der Waals surface area contributed by atoms with E-state index in [9.17, 15) is 13.2 Å². The van der Waals surface area contributed by atoms with Crippen molar-refractivity contribution in [1.82, 2.24) is 0 Å². The molecule has 0 aromatic heterocycles. The molecule has 15 heavy (non-hydrogen) atoms. The zero-order valence-corrected chi connectivity index (χ0v) is 9.09. The lowest BCUT2D eigenvalue weighted by atomic mass is 10.1. The van der Waals surface area contributed by atoms with Crippen molar-refractivity contribution in [3.05, 3.63) is 29.6 Å². The first kappa shape index (κ1) is 10.6. The quantitative estimate of drug-likeness (QED) is 0.742. The van der Waals surface area contributed by atoms with Crippen LogP contribution in [-0.4, -0.2) is 15.8 Å². The molecule has 0 saturated heterocycles. The van der Waals surface area contributed by atoms with Crippen LogP contribution in [0.3, 0.4) is 0 Å². The van der Waals surface area contributed by atoms with Crippen molar-refractivity contribution in [1.29, 1.82) is 0 Å². The lowest BCUT2D eigenvalue weighted by molar-refractivity contribution is 0.535. The summed E-state index contributed by atoms with van der Waals surface area (Å²) < 4.78 is 36.2. The van der Waals surface area contributed by atoms with Crippen LogP contribution in [0.5, 0.6) is 0 Å². The molecule has 1 atom stereocenters. The van der Waals surface area contributed by atoms with Gasteiger partial charge < -0.3 is 8.86 Å². The summed E-state index contributed by atoms with van der Waals surface area (Å²) in [6.07, 6.45) is 1.88. The van der Waals surface area contributed by atoms with Gasteiger partial charge in [-0.05, 0) is 30.9 Å². The first-order chi connectivity index (χ1) is 7.11. The minimum Gasteiger partial charge on any atom is -0.755 e. The minimum absolute atomic E-state index is 0.187. The summed E-state index contributed by atoms with van der Waals surface area (Å²) in [5.41, 5.74) is 0.982. The van der Waals surface area contributed by atoms with E-state index in [4.69, 9.17) is 0 Å². The van der Waals surface area contributed by atoms with Gasteiger partial charge >= 0.3 is 0 Å². The summed E-state index contributed by atoms with van der Waals surface area (Å²) in [6, 6.07) is 4.53. The number of anilines is 1. The summed E-state index contributed by atoms with van der Waals surface area (Å²) in [5.74, 6) is -0.125. The Balaban J connectivity index is 2.45. The van der Waals surface area contributed by atoms with Gasteiger partial charge in [-0.15, -0.1) is 0 Å². The van der Waals surface area contributed by atoms with Crippen molar-refractivity contribution >= 4 is 17.0 Å². The van der Waals surface area contributed by atoms with E-state index in [2.05, 4.69) is 0 Å². The average molecular weight is 228 g/mol. The first-order valence-electron chi connectivity index (χ1n) is 4.72. The normalized spacial score (nSPS) is 17.5. The van der Waals surface area contributed by atoms with Gasteiger partial charge in [-0.2, -0.15) is 0 Å². The number of benzene rings is 1. The first-order valence-corrected chi connectivity index (χ1v) is 5.76. The van der Waals surface area contributed by atoms with E-state index in [1.165, 1.54) is 19.2 Å². The molecule has 1 aromatic rings. The highest BCUT2D eigenvalue weighted by Crippen LogP contribution is 2.45.